The fourth-order valence-corrected chi connectivity index (χ4v) is 1.19. The van der Waals surface area contributed by atoms with E-state index < -0.39 is 0 Å². The van der Waals surface area contributed by atoms with Crippen molar-refractivity contribution in [3.8, 4) is 0 Å². The Kier molecular flexibility index (Phi) is 9.30. The van der Waals surface area contributed by atoms with E-state index in [1.54, 1.807) is 0 Å². The van der Waals surface area contributed by atoms with Crippen molar-refractivity contribution in [3.05, 3.63) is 60.7 Å². The highest BCUT2D eigenvalue weighted by atomic mass is 16.1. The molecular weight excluding hydrogens is 228 g/mol. The first-order valence-electron chi connectivity index (χ1n) is 5.15. The van der Waals surface area contributed by atoms with Gasteiger partial charge in [0.05, 0.1) is 11.4 Å². The number of para-hydroxylation sites is 2. The summed E-state index contributed by atoms with van der Waals surface area (Å²) in [6.45, 7) is 4.00. The van der Waals surface area contributed by atoms with E-state index in [0.29, 0.717) is 0 Å². The highest BCUT2D eigenvalue weighted by Crippen LogP contribution is 2.08. The fourth-order valence-electron chi connectivity index (χ4n) is 1.19. The number of carbonyl (C=O) groups is 2. The van der Waals surface area contributed by atoms with Gasteiger partial charge < -0.3 is 20.4 Å². The van der Waals surface area contributed by atoms with Gasteiger partial charge in [-0.3, -0.25) is 0 Å². The van der Waals surface area contributed by atoms with E-state index in [0.717, 1.165) is 11.4 Å². The monoisotopic (exact) mass is 244 g/mol. The maximum absolute atomic E-state index is 8.00. The Morgan fingerprint density at radius 1 is 0.556 bits per heavy atom. The molecule has 2 aromatic rings. The van der Waals surface area contributed by atoms with Crippen LogP contribution in [-0.2, 0) is 9.59 Å². The SMILES string of the molecule is C=O.C=O.c1ccc(NNc2ccccc2)cc1. The van der Waals surface area contributed by atoms with E-state index in [-0.39, 0.29) is 0 Å². The standard InChI is InChI=1S/C12H12N2.2CH2O/c1-3-7-11(8-4-1)13-14-12-9-5-2-6-10-12;2*1-2/h1-10,13-14H;2*1H2. The summed E-state index contributed by atoms with van der Waals surface area (Å²) in [6, 6.07) is 20.0. The summed E-state index contributed by atoms with van der Waals surface area (Å²) in [7, 11) is 0. The van der Waals surface area contributed by atoms with E-state index >= 15 is 0 Å². The van der Waals surface area contributed by atoms with E-state index in [4.69, 9.17) is 9.59 Å². The molecule has 0 saturated heterocycles. The molecule has 2 N–H and O–H groups in total. The molecule has 0 bridgehead atoms. The highest BCUT2D eigenvalue weighted by molar-refractivity contribution is 5.51. The first-order chi connectivity index (χ1) is 8.95. The summed E-state index contributed by atoms with van der Waals surface area (Å²) in [6.07, 6.45) is 0. The number of rotatable bonds is 3. The Labute approximate surface area is 107 Å². The molecule has 0 aromatic heterocycles. The predicted octanol–water partition coefficient (Wildman–Crippen LogP) is 2.76. The second-order valence-electron chi connectivity index (χ2n) is 2.98. The van der Waals surface area contributed by atoms with Crippen molar-refractivity contribution in [2.24, 2.45) is 0 Å². The lowest BCUT2D eigenvalue weighted by Gasteiger charge is -2.08. The van der Waals surface area contributed by atoms with Crippen LogP contribution in [0.1, 0.15) is 0 Å². The van der Waals surface area contributed by atoms with E-state index in [1.807, 2.05) is 74.2 Å². The van der Waals surface area contributed by atoms with Gasteiger partial charge >= 0.3 is 0 Å². The Morgan fingerprint density at radius 2 is 0.833 bits per heavy atom. The zero-order valence-corrected chi connectivity index (χ0v) is 10.0. The van der Waals surface area contributed by atoms with Crippen molar-refractivity contribution in [2.75, 3.05) is 10.9 Å². The third-order valence-corrected chi connectivity index (χ3v) is 1.90. The minimum absolute atomic E-state index is 1.05. The molecule has 0 saturated carbocycles. The van der Waals surface area contributed by atoms with Crippen LogP contribution in [0.3, 0.4) is 0 Å². The number of nitrogens with one attached hydrogen (secondary N) is 2. The van der Waals surface area contributed by atoms with Crippen LogP contribution in [0.25, 0.3) is 0 Å². The van der Waals surface area contributed by atoms with Crippen molar-refractivity contribution in [1.82, 2.24) is 0 Å². The van der Waals surface area contributed by atoms with Crippen LogP contribution in [0.4, 0.5) is 11.4 Å². The molecule has 4 nitrogen and oxygen atoms in total. The number of benzene rings is 2. The number of carbonyl (C=O) groups excluding carboxylic acids is 2. The van der Waals surface area contributed by atoms with Crippen LogP contribution in [0, 0.1) is 0 Å². The minimum atomic E-state index is 1.05. The van der Waals surface area contributed by atoms with E-state index in [2.05, 4.69) is 10.9 Å². The maximum atomic E-state index is 8.00. The minimum Gasteiger partial charge on any atom is -0.307 e. The molecule has 2 aromatic carbocycles. The molecule has 0 aliphatic carbocycles. The molecule has 18 heavy (non-hydrogen) atoms. The van der Waals surface area contributed by atoms with Crippen LogP contribution in [-0.4, -0.2) is 13.6 Å². The second-order valence-corrected chi connectivity index (χ2v) is 2.98. The molecule has 0 atom stereocenters. The number of hydrazine groups is 1. The van der Waals surface area contributed by atoms with Gasteiger partial charge in [0.15, 0.2) is 0 Å². The van der Waals surface area contributed by atoms with Gasteiger partial charge in [0.25, 0.3) is 0 Å². The average molecular weight is 244 g/mol. The molecule has 0 radical (unpaired) electrons. The van der Waals surface area contributed by atoms with Crippen molar-refractivity contribution < 1.29 is 9.59 Å². The molecule has 0 unspecified atom stereocenters. The van der Waals surface area contributed by atoms with Gasteiger partial charge in [-0.25, -0.2) is 0 Å². The zero-order valence-electron chi connectivity index (χ0n) is 10.0. The topological polar surface area (TPSA) is 58.2 Å². The van der Waals surface area contributed by atoms with E-state index in [1.165, 1.54) is 0 Å². The predicted molar refractivity (Wildman–Crippen MR) is 74.4 cm³/mol. The average Bonchev–Trinajstić information content (AvgIpc) is 2.51. The second kappa shape index (κ2) is 10.9. The lowest BCUT2D eigenvalue weighted by molar-refractivity contribution is -0.0987. The Morgan fingerprint density at radius 3 is 1.11 bits per heavy atom. The van der Waals surface area contributed by atoms with Crippen LogP contribution < -0.4 is 10.9 Å². The molecule has 94 valence electrons. The van der Waals surface area contributed by atoms with Crippen LogP contribution in [0.5, 0.6) is 0 Å². The summed E-state index contributed by atoms with van der Waals surface area (Å²) in [5.41, 5.74) is 8.33. The van der Waals surface area contributed by atoms with Crippen molar-refractivity contribution in [2.45, 2.75) is 0 Å². The van der Waals surface area contributed by atoms with Gasteiger partial charge in [-0.1, -0.05) is 36.4 Å². The lowest BCUT2D eigenvalue weighted by atomic mass is 10.3. The molecule has 2 rings (SSSR count). The fraction of sp³-hybridized carbons (Fsp3) is 0. The molecule has 0 aliphatic heterocycles. The molecule has 0 heterocycles. The van der Waals surface area contributed by atoms with E-state index in [9.17, 15) is 0 Å². The van der Waals surface area contributed by atoms with Crippen LogP contribution in [0.15, 0.2) is 60.7 Å². The van der Waals surface area contributed by atoms with Gasteiger partial charge in [0.2, 0.25) is 0 Å². The molecule has 0 aliphatic rings. The van der Waals surface area contributed by atoms with Crippen LogP contribution in [0.2, 0.25) is 0 Å². The molecular formula is C14H16N2O2. The van der Waals surface area contributed by atoms with Crippen molar-refractivity contribution in [3.63, 3.8) is 0 Å². The van der Waals surface area contributed by atoms with Gasteiger partial charge in [0, 0.05) is 0 Å². The summed E-state index contributed by atoms with van der Waals surface area (Å²) in [5, 5.41) is 0. The number of hydrogen-bond acceptors (Lipinski definition) is 4. The summed E-state index contributed by atoms with van der Waals surface area (Å²) in [4.78, 5) is 16.0. The van der Waals surface area contributed by atoms with Crippen LogP contribution >= 0.6 is 0 Å². The van der Waals surface area contributed by atoms with Gasteiger partial charge in [-0.2, -0.15) is 0 Å². The van der Waals surface area contributed by atoms with Gasteiger partial charge in [-0.15, -0.1) is 0 Å². The Balaban J connectivity index is 0.000000659. The summed E-state index contributed by atoms with van der Waals surface area (Å²) >= 11 is 0. The zero-order chi connectivity index (χ0) is 13.6. The lowest BCUT2D eigenvalue weighted by Crippen LogP contribution is -2.07. The Hall–Kier alpha value is -2.62. The molecule has 0 fully saturated rings. The molecule has 0 spiro atoms. The first kappa shape index (κ1) is 15.4. The maximum Gasteiger partial charge on any atom is 0.106 e. The highest BCUT2D eigenvalue weighted by Gasteiger charge is 1.88. The quantitative estimate of drug-likeness (QED) is 0.815. The van der Waals surface area contributed by atoms with Gasteiger partial charge in [-0.05, 0) is 24.3 Å². The third-order valence-electron chi connectivity index (χ3n) is 1.90. The number of anilines is 2. The normalized spacial score (nSPS) is 7.78. The smallest absolute Gasteiger partial charge is 0.106 e. The summed E-state index contributed by atoms with van der Waals surface area (Å²) in [5.74, 6) is 0. The first-order valence-corrected chi connectivity index (χ1v) is 5.15. The molecule has 4 heteroatoms. The Bertz CT molecular complexity index is 365. The van der Waals surface area contributed by atoms with Crippen molar-refractivity contribution >= 4 is 25.0 Å². The summed E-state index contributed by atoms with van der Waals surface area (Å²) < 4.78 is 0. The third kappa shape index (κ3) is 6.07. The molecule has 0 amide bonds. The van der Waals surface area contributed by atoms with Gasteiger partial charge in [0.1, 0.15) is 13.6 Å². The number of hydrogen-bond donors (Lipinski definition) is 2. The van der Waals surface area contributed by atoms with Crippen molar-refractivity contribution in [1.29, 1.82) is 0 Å². The largest absolute Gasteiger partial charge is 0.307 e.